The zero-order chi connectivity index (χ0) is 9.26. The number of nitrogens with two attached hydrogens (primary N) is 1. The van der Waals surface area contributed by atoms with E-state index < -0.39 is 0 Å². The van der Waals surface area contributed by atoms with E-state index in [0.717, 1.165) is 17.6 Å². The molecule has 0 aliphatic carbocycles. The molecule has 0 radical (unpaired) electrons. The highest BCUT2D eigenvalue weighted by Gasteiger charge is 2.03. The molecule has 4 nitrogen and oxygen atoms in total. The predicted octanol–water partition coefficient (Wildman–Crippen LogP) is 1.84. The van der Waals surface area contributed by atoms with Crippen molar-refractivity contribution in [2.45, 2.75) is 6.92 Å². The van der Waals surface area contributed by atoms with Crippen molar-refractivity contribution in [1.29, 1.82) is 0 Å². The first-order valence-corrected chi connectivity index (χ1v) is 4.19. The Bertz CT molecular complexity index is 422. The number of nitrogens with zero attached hydrogens (tertiary/aromatic N) is 1. The number of oxazole rings is 1. The maximum atomic E-state index is 5.60. The Morgan fingerprint density at radius 1 is 1.54 bits per heavy atom. The van der Waals surface area contributed by atoms with Crippen molar-refractivity contribution in [3.8, 4) is 0 Å². The van der Waals surface area contributed by atoms with Crippen molar-refractivity contribution in [2.75, 3.05) is 17.6 Å². The lowest BCUT2D eigenvalue weighted by molar-refractivity contribution is 0.616. The molecule has 0 amide bonds. The second-order valence-corrected chi connectivity index (χ2v) is 2.78. The molecule has 1 heterocycles. The van der Waals surface area contributed by atoms with Gasteiger partial charge in [0.25, 0.3) is 6.01 Å². The van der Waals surface area contributed by atoms with Crippen molar-refractivity contribution in [2.24, 2.45) is 0 Å². The number of nitrogen functional groups attached to an aromatic ring is 1. The zero-order valence-corrected chi connectivity index (χ0v) is 7.37. The highest BCUT2D eigenvalue weighted by molar-refractivity contribution is 5.77. The van der Waals surface area contributed by atoms with Gasteiger partial charge in [0, 0.05) is 18.3 Å². The van der Waals surface area contributed by atoms with Crippen LogP contribution >= 0.6 is 0 Å². The van der Waals surface area contributed by atoms with E-state index in [0.29, 0.717) is 11.7 Å². The molecule has 0 aliphatic heterocycles. The van der Waals surface area contributed by atoms with Gasteiger partial charge in [0.05, 0.1) is 0 Å². The summed E-state index contributed by atoms with van der Waals surface area (Å²) in [6, 6.07) is 5.96. The van der Waals surface area contributed by atoms with Crippen LogP contribution in [0.4, 0.5) is 11.7 Å². The normalized spacial score (nSPS) is 10.5. The van der Waals surface area contributed by atoms with E-state index in [-0.39, 0.29) is 0 Å². The Balaban J connectivity index is 2.49. The van der Waals surface area contributed by atoms with E-state index in [1.165, 1.54) is 0 Å². The highest BCUT2D eigenvalue weighted by atomic mass is 16.4. The Morgan fingerprint density at radius 3 is 3.15 bits per heavy atom. The first kappa shape index (κ1) is 7.91. The summed E-state index contributed by atoms with van der Waals surface area (Å²) >= 11 is 0. The number of nitrogens with one attached hydrogen (secondary N) is 1. The summed E-state index contributed by atoms with van der Waals surface area (Å²) in [6.07, 6.45) is 0. The van der Waals surface area contributed by atoms with Crippen LogP contribution in [0, 0.1) is 0 Å². The van der Waals surface area contributed by atoms with Crippen LogP contribution in [0.25, 0.3) is 11.1 Å². The Labute approximate surface area is 75.7 Å². The number of hydrogen-bond donors (Lipinski definition) is 2. The summed E-state index contributed by atoms with van der Waals surface area (Å²) in [7, 11) is 0. The van der Waals surface area contributed by atoms with Crippen LogP contribution in [-0.2, 0) is 0 Å². The first-order chi connectivity index (χ1) is 6.29. The van der Waals surface area contributed by atoms with Crippen LogP contribution in [-0.4, -0.2) is 11.5 Å². The van der Waals surface area contributed by atoms with Gasteiger partial charge < -0.3 is 15.5 Å². The number of aromatic nitrogens is 1. The van der Waals surface area contributed by atoms with Gasteiger partial charge in [0.1, 0.15) is 5.52 Å². The van der Waals surface area contributed by atoms with Crippen LogP contribution in [0.15, 0.2) is 22.6 Å². The van der Waals surface area contributed by atoms with Crippen LogP contribution in [0.2, 0.25) is 0 Å². The van der Waals surface area contributed by atoms with Gasteiger partial charge in [-0.25, -0.2) is 0 Å². The van der Waals surface area contributed by atoms with Gasteiger partial charge in [-0.2, -0.15) is 4.98 Å². The molecular formula is C9H11N3O. The molecule has 3 N–H and O–H groups in total. The lowest BCUT2D eigenvalue weighted by atomic mass is 10.3. The van der Waals surface area contributed by atoms with Crippen molar-refractivity contribution >= 4 is 22.8 Å². The molecular weight excluding hydrogens is 166 g/mol. The van der Waals surface area contributed by atoms with Gasteiger partial charge in [0.15, 0.2) is 5.58 Å². The standard InChI is InChI=1S/C9H11N3O/c1-2-11-9-12-7-4-3-6(10)5-8(7)13-9/h3-5H,2,10H2,1H3,(H,11,12). The summed E-state index contributed by atoms with van der Waals surface area (Å²) in [5, 5.41) is 3.00. The Morgan fingerprint density at radius 2 is 2.38 bits per heavy atom. The third-order valence-electron chi connectivity index (χ3n) is 1.74. The molecule has 0 spiro atoms. The monoisotopic (exact) mass is 177 g/mol. The fourth-order valence-corrected chi connectivity index (χ4v) is 1.17. The van der Waals surface area contributed by atoms with Crippen molar-refractivity contribution in [3.05, 3.63) is 18.2 Å². The number of anilines is 2. The second kappa shape index (κ2) is 2.97. The summed E-state index contributed by atoms with van der Waals surface area (Å²) in [6.45, 7) is 2.78. The molecule has 0 atom stereocenters. The smallest absolute Gasteiger partial charge is 0.295 e. The second-order valence-electron chi connectivity index (χ2n) is 2.78. The van der Waals surface area contributed by atoms with Gasteiger partial charge in [-0.3, -0.25) is 0 Å². The fourth-order valence-electron chi connectivity index (χ4n) is 1.17. The van der Waals surface area contributed by atoms with Crippen LogP contribution < -0.4 is 11.1 Å². The van der Waals surface area contributed by atoms with Gasteiger partial charge in [0.2, 0.25) is 0 Å². The van der Waals surface area contributed by atoms with E-state index in [1.54, 1.807) is 12.1 Å². The number of fused-ring (bicyclic) bond motifs is 1. The maximum Gasteiger partial charge on any atom is 0.295 e. The van der Waals surface area contributed by atoms with Crippen LogP contribution in [0.5, 0.6) is 0 Å². The number of hydrogen-bond acceptors (Lipinski definition) is 4. The topological polar surface area (TPSA) is 64.1 Å². The Hall–Kier alpha value is -1.71. The highest BCUT2D eigenvalue weighted by Crippen LogP contribution is 2.20. The molecule has 13 heavy (non-hydrogen) atoms. The van der Waals surface area contributed by atoms with Crippen molar-refractivity contribution < 1.29 is 4.42 Å². The van der Waals surface area contributed by atoms with Crippen LogP contribution in [0.1, 0.15) is 6.92 Å². The largest absolute Gasteiger partial charge is 0.423 e. The molecule has 4 heteroatoms. The third-order valence-corrected chi connectivity index (χ3v) is 1.74. The lowest BCUT2D eigenvalue weighted by Crippen LogP contribution is -1.95. The predicted molar refractivity (Wildman–Crippen MR) is 52.6 cm³/mol. The molecule has 2 aromatic rings. The average Bonchev–Trinajstić information content (AvgIpc) is 2.46. The van der Waals surface area contributed by atoms with E-state index in [9.17, 15) is 0 Å². The molecule has 1 aromatic heterocycles. The van der Waals surface area contributed by atoms with E-state index in [4.69, 9.17) is 10.2 Å². The molecule has 0 aliphatic rings. The van der Waals surface area contributed by atoms with Gasteiger partial charge in [-0.05, 0) is 19.1 Å². The fraction of sp³-hybridized carbons (Fsp3) is 0.222. The minimum atomic E-state index is 0.545. The minimum Gasteiger partial charge on any atom is -0.423 e. The van der Waals surface area contributed by atoms with Crippen molar-refractivity contribution in [1.82, 2.24) is 4.98 Å². The quantitative estimate of drug-likeness (QED) is 0.687. The van der Waals surface area contributed by atoms with Gasteiger partial charge in [-0.1, -0.05) is 0 Å². The Kier molecular flexibility index (Phi) is 1.81. The molecule has 0 bridgehead atoms. The third kappa shape index (κ3) is 1.42. The molecule has 1 aromatic carbocycles. The lowest BCUT2D eigenvalue weighted by Gasteiger charge is -1.91. The van der Waals surface area contributed by atoms with Crippen LogP contribution in [0.3, 0.4) is 0 Å². The van der Waals surface area contributed by atoms with E-state index in [2.05, 4.69) is 10.3 Å². The zero-order valence-electron chi connectivity index (χ0n) is 7.37. The first-order valence-electron chi connectivity index (χ1n) is 4.19. The minimum absolute atomic E-state index is 0.545. The van der Waals surface area contributed by atoms with E-state index >= 15 is 0 Å². The summed E-state index contributed by atoms with van der Waals surface area (Å²) < 4.78 is 5.39. The molecule has 68 valence electrons. The van der Waals surface area contributed by atoms with Gasteiger partial charge >= 0.3 is 0 Å². The summed E-state index contributed by atoms with van der Waals surface area (Å²) in [4.78, 5) is 4.21. The summed E-state index contributed by atoms with van der Waals surface area (Å²) in [5.74, 6) is 0. The molecule has 0 saturated carbocycles. The molecule has 0 unspecified atom stereocenters. The van der Waals surface area contributed by atoms with E-state index in [1.807, 2.05) is 13.0 Å². The molecule has 0 saturated heterocycles. The number of benzene rings is 1. The average molecular weight is 177 g/mol. The summed E-state index contributed by atoms with van der Waals surface area (Å²) in [5.41, 5.74) is 7.83. The van der Waals surface area contributed by atoms with Gasteiger partial charge in [-0.15, -0.1) is 0 Å². The maximum absolute atomic E-state index is 5.60. The number of rotatable bonds is 2. The SMILES string of the molecule is CCNc1nc2ccc(N)cc2o1. The molecule has 2 rings (SSSR count). The molecule has 0 fully saturated rings. The van der Waals surface area contributed by atoms with Crippen molar-refractivity contribution in [3.63, 3.8) is 0 Å².